The lowest BCUT2D eigenvalue weighted by atomic mass is 9.82. The molecule has 1 nitrogen and oxygen atoms in total. The molecule has 1 aliphatic carbocycles. The fourth-order valence-electron chi connectivity index (χ4n) is 3.27. The fourth-order valence-corrected chi connectivity index (χ4v) is 3.27. The van der Waals surface area contributed by atoms with Crippen molar-refractivity contribution in [3.63, 3.8) is 0 Å². The van der Waals surface area contributed by atoms with Crippen molar-refractivity contribution in [3.05, 3.63) is 35.6 Å². The van der Waals surface area contributed by atoms with E-state index < -0.39 is 0 Å². The number of hydrogen-bond donors (Lipinski definition) is 1. The number of hydrogen-bond acceptors (Lipinski definition) is 1. The Balaban J connectivity index is 2.07. The largest absolute Gasteiger partial charge is 0.316 e. The summed E-state index contributed by atoms with van der Waals surface area (Å²) in [4.78, 5) is 0. The van der Waals surface area contributed by atoms with Gasteiger partial charge in [-0.1, -0.05) is 38.3 Å². The van der Waals surface area contributed by atoms with E-state index in [0.29, 0.717) is 11.8 Å². The predicted molar refractivity (Wildman–Crippen MR) is 78.9 cm³/mol. The summed E-state index contributed by atoms with van der Waals surface area (Å²) in [5.74, 6) is 1.10. The van der Waals surface area contributed by atoms with Gasteiger partial charge >= 0.3 is 0 Å². The highest BCUT2D eigenvalue weighted by Crippen LogP contribution is 2.36. The van der Waals surface area contributed by atoms with Crippen LogP contribution in [0.3, 0.4) is 0 Å². The van der Waals surface area contributed by atoms with Crippen LogP contribution in [0.2, 0.25) is 0 Å². The van der Waals surface area contributed by atoms with E-state index >= 15 is 0 Å². The van der Waals surface area contributed by atoms with Gasteiger partial charge in [-0.05, 0) is 61.9 Å². The second-order valence-corrected chi connectivity index (χ2v) is 5.76. The Morgan fingerprint density at radius 2 is 2.05 bits per heavy atom. The standard InChI is InChI=1S/C17H26FN/c1-2-11-19-13-15-7-4-3-5-10-17(15)14-8-6-9-16(18)12-14/h6,8-9,12,15,17,19H,2-5,7,10-11,13H2,1H3. The first-order chi connectivity index (χ1) is 9.31. The van der Waals surface area contributed by atoms with Gasteiger partial charge in [0, 0.05) is 0 Å². The summed E-state index contributed by atoms with van der Waals surface area (Å²) in [5, 5.41) is 3.55. The second-order valence-electron chi connectivity index (χ2n) is 5.76. The van der Waals surface area contributed by atoms with Crippen molar-refractivity contribution >= 4 is 0 Å². The number of nitrogens with one attached hydrogen (secondary N) is 1. The van der Waals surface area contributed by atoms with E-state index in [0.717, 1.165) is 13.1 Å². The molecule has 0 amide bonds. The van der Waals surface area contributed by atoms with E-state index in [1.54, 1.807) is 12.1 Å². The minimum atomic E-state index is -0.0954. The first-order valence-electron chi connectivity index (χ1n) is 7.77. The van der Waals surface area contributed by atoms with Crippen LogP contribution in [0.15, 0.2) is 24.3 Å². The fraction of sp³-hybridized carbons (Fsp3) is 0.647. The Morgan fingerprint density at radius 1 is 1.21 bits per heavy atom. The van der Waals surface area contributed by atoms with E-state index in [9.17, 15) is 4.39 Å². The number of benzene rings is 1. The van der Waals surface area contributed by atoms with Crippen LogP contribution >= 0.6 is 0 Å². The van der Waals surface area contributed by atoms with Gasteiger partial charge in [0.1, 0.15) is 5.82 Å². The van der Waals surface area contributed by atoms with Crippen LogP contribution in [-0.2, 0) is 0 Å². The lowest BCUT2D eigenvalue weighted by molar-refractivity contribution is 0.375. The first-order valence-corrected chi connectivity index (χ1v) is 7.77. The monoisotopic (exact) mass is 263 g/mol. The lowest BCUT2D eigenvalue weighted by Crippen LogP contribution is -2.27. The van der Waals surface area contributed by atoms with Gasteiger partial charge in [0.2, 0.25) is 0 Å². The highest BCUT2D eigenvalue weighted by Gasteiger charge is 2.24. The molecule has 1 aliphatic rings. The summed E-state index contributed by atoms with van der Waals surface area (Å²) in [5.41, 5.74) is 1.20. The lowest BCUT2D eigenvalue weighted by Gasteiger charge is -2.26. The summed E-state index contributed by atoms with van der Waals surface area (Å²) >= 11 is 0. The zero-order valence-corrected chi connectivity index (χ0v) is 12.0. The number of rotatable bonds is 5. The van der Waals surface area contributed by atoms with Crippen LogP contribution in [-0.4, -0.2) is 13.1 Å². The van der Waals surface area contributed by atoms with Crippen LogP contribution < -0.4 is 5.32 Å². The molecule has 106 valence electrons. The molecule has 1 aromatic carbocycles. The van der Waals surface area contributed by atoms with Gasteiger partial charge in [0.05, 0.1) is 0 Å². The molecule has 2 rings (SSSR count). The van der Waals surface area contributed by atoms with Crippen molar-refractivity contribution in [2.45, 2.75) is 51.4 Å². The highest BCUT2D eigenvalue weighted by molar-refractivity contribution is 5.22. The summed E-state index contributed by atoms with van der Waals surface area (Å²) in [6.07, 6.45) is 7.60. The molecule has 2 heteroatoms. The van der Waals surface area contributed by atoms with Gasteiger partial charge < -0.3 is 5.32 Å². The molecule has 0 bridgehead atoms. The molecular weight excluding hydrogens is 237 g/mol. The van der Waals surface area contributed by atoms with E-state index in [-0.39, 0.29) is 5.82 Å². The molecule has 0 spiro atoms. The molecule has 0 aromatic heterocycles. The zero-order chi connectivity index (χ0) is 13.5. The maximum absolute atomic E-state index is 13.4. The van der Waals surface area contributed by atoms with Crippen LogP contribution in [0.5, 0.6) is 0 Å². The van der Waals surface area contributed by atoms with Gasteiger partial charge in [-0.25, -0.2) is 4.39 Å². The first kappa shape index (κ1) is 14.5. The van der Waals surface area contributed by atoms with E-state index in [4.69, 9.17) is 0 Å². The van der Waals surface area contributed by atoms with Gasteiger partial charge in [-0.15, -0.1) is 0 Å². The van der Waals surface area contributed by atoms with Crippen molar-refractivity contribution in [2.75, 3.05) is 13.1 Å². The summed E-state index contributed by atoms with van der Waals surface area (Å²) in [6.45, 7) is 4.37. The maximum atomic E-state index is 13.4. The van der Waals surface area contributed by atoms with Crippen molar-refractivity contribution < 1.29 is 4.39 Å². The third kappa shape index (κ3) is 4.31. The van der Waals surface area contributed by atoms with Crippen LogP contribution in [0.1, 0.15) is 56.9 Å². The normalized spacial score (nSPS) is 24.1. The Kier molecular flexibility index (Phi) is 5.84. The van der Waals surface area contributed by atoms with Crippen LogP contribution in [0.25, 0.3) is 0 Å². The highest BCUT2D eigenvalue weighted by atomic mass is 19.1. The number of halogens is 1. The van der Waals surface area contributed by atoms with E-state index in [1.807, 2.05) is 6.07 Å². The molecule has 0 saturated heterocycles. The van der Waals surface area contributed by atoms with Gasteiger partial charge in [-0.3, -0.25) is 0 Å². The average molecular weight is 263 g/mol. The minimum absolute atomic E-state index is 0.0954. The zero-order valence-electron chi connectivity index (χ0n) is 12.0. The second kappa shape index (κ2) is 7.64. The third-order valence-corrected chi connectivity index (χ3v) is 4.27. The molecule has 1 saturated carbocycles. The maximum Gasteiger partial charge on any atom is 0.123 e. The Bertz CT molecular complexity index is 377. The van der Waals surface area contributed by atoms with E-state index in [2.05, 4.69) is 18.3 Å². The van der Waals surface area contributed by atoms with Gasteiger partial charge in [0.15, 0.2) is 0 Å². The predicted octanol–water partition coefficient (Wildman–Crippen LogP) is 4.49. The molecule has 0 radical (unpaired) electrons. The van der Waals surface area contributed by atoms with Crippen molar-refractivity contribution in [1.29, 1.82) is 0 Å². The van der Waals surface area contributed by atoms with Gasteiger partial charge in [-0.2, -0.15) is 0 Å². The third-order valence-electron chi connectivity index (χ3n) is 4.27. The smallest absolute Gasteiger partial charge is 0.123 e. The Labute approximate surface area is 116 Å². The van der Waals surface area contributed by atoms with Gasteiger partial charge in [0.25, 0.3) is 0 Å². The molecule has 1 fully saturated rings. The Morgan fingerprint density at radius 3 is 2.84 bits per heavy atom. The Hall–Kier alpha value is -0.890. The summed E-state index contributed by atoms with van der Waals surface area (Å²) in [6, 6.07) is 7.24. The quantitative estimate of drug-likeness (QED) is 0.609. The molecule has 0 aliphatic heterocycles. The molecule has 2 atom stereocenters. The molecular formula is C17H26FN. The minimum Gasteiger partial charge on any atom is -0.316 e. The average Bonchev–Trinajstić information content (AvgIpc) is 2.64. The summed E-state index contributed by atoms with van der Waals surface area (Å²) < 4.78 is 13.4. The molecule has 2 unspecified atom stereocenters. The van der Waals surface area contributed by atoms with Crippen molar-refractivity contribution in [1.82, 2.24) is 5.32 Å². The van der Waals surface area contributed by atoms with Crippen LogP contribution in [0, 0.1) is 11.7 Å². The van der Waals surface area contributed by atoms with Crippen LogP contribution in [0.4, 0.5) is 4.39 Å². The molecule has 19 heavy (non-hydrogen) atoms. The van der Waals surface area contributed by atoms with Crippen molar-refractivity contribution in [2.24, 2.45) is 5.92 Å². The molecule has 0 heterocycles. The SMILES string of the molecule is CCCNCC1CCCCCC1c1cccc(F)c1. The topological polar surface area (TPSA) is 12.0 Å². The van der Waals surface area contributed by atoms with Crippen molar-refractivity contribution in [3.8, 4) is 0 Å². The van der Waals surface area contributed by atoms with E-state index in [1.165, 1.54) is 44.1 Å². The summed E-state index contributed by atoms with van der Waals surface area (Å²) in [7, 11) is 0. The molecule has 1 N–H and O–H groups in total. The molecule has 1 aromatic rings.